The fourth-order valence-corrected chi connectivity index (χ4v) is 1.86. The third-order valence-electron chi connectivity index (χ3n) is 2.81. The highest BCUT2D eigenvalue weighted by Crippen LogP contribution is 2.28. The Hall–Kier alpha value is -1.75. The zero-order valence-corrected chi connectivity index (χ0v) is 10.6. The van der Waals surface area contributed by atoms with Crippen LogP contribution >= 0.6 is 0 Å². The van der Waals surface area contributed by atoms with Crippen molar-refractivity contribution < 1.29 is 20.1 Å². The summed E-state index contributed by atoms with van der Waals surface area (Å²) in [5, 5.41) is 30.9. The molecule has 0 amide bonds. The number of carboxylic acid groups (broad SMARTS) is 1. The third-order valence-corrected chi connectivity index (χ3v) is 2.81. The lowest BCUT2D eigenvalue weighted by Crippen LogP contribution is -2.38. The molecule has 0 aromatic heterocycles. The summed E-state index contributed by atoms with van der Waals surface area (Å²) in [4.78, 5) is 11.0. The number of benzene rings is 1. The molecule has 0 fully saturated rings. The molecule has 0 aliphatic carbocycles. The van der Waals surface area contributed by atoms with E-state index in [1.165, 1.54) is 12.1 Å². The second kappa shape index (κ2) is 6.26. The van der Waals surface area contributed by atoms with Gasteiger partial charge >= 0.3 is 5.97 Å². The molecule has 2 atom stereocenters. The van der Waals surface area contributed by atoms with E-state index in [4.69, 9.17) is 5.11 Å². The van der Waals surface area contributed by atoms with Gasteiger partial charge in [-0.1, -0.05) is 19.4 Å². The third kappa shape index (κ3) is 3.63. The van der Waals surface area contributed by atoms with E-state index < -0.39 is 12.0 Å². The maximum absolute atomic E-state index is 11.0. The van der Waals surface area contributed by atoms with E-state index in [0.717, 1.165) is 6.42 Å². The Bertz CT molecular complexity index is 419. The van der Waals surface area contributed by atoms with E-state index in [9.17, 15) is 15.0 Å². The highest BCUT2D eigenvalue weighted by Gasteiger charge is 2.20. The molecule has 0 saturated carbocycles. The van der Waals surface area contributed by atoms with Crippen LogP contribution in [0.1, 0.15) is 38.3 Å². The van der Waals surface area contributed by atoms with Crippen molar-refractivity contribution >= 4 is 5.97 Å². The van der Waals surface area contributed by atoms with Gasteiger partial charge in [-0.25, -0.2) is 0 Å². The van der Waals surface area contributed by atoms with Crippen molar-refractivity contribution in [3.05, 3.63) is 23.8 Å². The Kier molecular flexibility index (Phi) is 4.97. The molecule has 0 saturated heterocycles. The Morgan fingerprint density at radius 1 is 1.39 bits per heavy atom. The Morgan fingerprint density at radius 2 is 2.06 bits per heavy atom. The lowest BCUT2D eigenvalue weighted by Gasteiger charge is -2.20. The molecule has 5 nitrogen and oxygen atoms in total. The monoisotopic (exact) mass is 253 g/mol. The fraction of sp³-hybridized carbons (Fsp3) is 0.462. The highest BCUT2D eigenvalue weighted by atomic mass is 16.4. The van der Waals surface area contributed by atoms with Crippen LogP contribution in [0.3, 0.4) is 0 Å². The van der Waals surface area contributed by atoms with Gasteiger partial charge in [0.1, 0.15) is 17.5 Å². The fourth-order valence-electron chi connectivity index (χ4n) is 1.86. The van der Waals surface area contributed by atoms with Gasteiger partial charge in [-0.05, 0) is 19.4 Å². The summed E-state index contributed by atoms with van der Waals surface area (Å²) in [7, 11) is 0. The second-order valence-corrected chi connectivity index (χ2v) is 4.31. The van der Waals surface area contributed by atoms with Crippen molar-refractivity contribution in [2.45, 2.75) is 38.8 Å². The largest absolute Gasteiger partial charge is 0.508 e. The zero-order valence-electron chi connectivity index (χ0n) is 10.6. The topological polar surface area (TPSA) is 89.8 Å². The predicted octanol–water partition coefficient (Wildman–Crippen LogP) is 2.00. The van der Waals surface area contributed by atoms with E-state index >= 15 is 0 Å². The molecule has 18 heavy (non-hydrogen) atoms. The number of rotatable bonds is 6. The maximum atomic E-state index is 11.0. The molecule has 2 unspecified atom stereocenters. The predicted molar refractivity (Wildman–Crippen MR) is 67.7 cm³/mol. The second-order valence-electron chi connectivity index (χ2n) is 4.31. The molecule has 0 bridgehead atoms. The first-order chi connectivity index (χ1) is 8.45. The number of aromatic hydroxyl groups is 2. The van der Waals surface area contributed by atoms with Gasteiger partial charge in [0.05, 0.1) is 0 Å². The molecule has 100 valence electrons. The van der Waals surface area contributed by atoms with Gasteiger partial charge in [-0.3, -0.25) is 10.1 Å². The first kappa shape index (κ1) is 14.3. The van der Waals surface area contributed by atoms with Crippen LogP contribution in [0.2, 0.25) is 0 Å². The lowest BCUT2D eigenvalue weighted by atomic mass is 10.0. The Morgan fingerprint density at radius 3 is 2.56 bits per heavy atom. The van der Waals surface area contributed by atoms with E-state index in [1.807, 2.05) is 6.92 Å². The van der Waals surface area contributed by atoms with Gasteiger partial charge in [0.2, 0.25) is 0 Å². The molecule has 1 rings (SSSR count). The number of hydrogen-bond donors (Lipinski definition) is 4. The van der Waals surface area contributed by atoms with Crippen LogP contribution in [0.15, 0.2) is 18.2 Å². The minimum absolute atomic E-state index is 0.0215. The average molecular weight is 253 g/mol. The molecular weight excluding hydrogens is 234 g/mol. The van der Waals surface area contributed by atoms with Crippen LogP contribution in [0.4, 0.5) is 0 Å². The number of phenolic OH excluding ortho intramolecular Hbond substituents is 2. The van der Waals surface area contributed by atoms with Crippen molar-refractivity contribution in [1.29, 1.82) is 0 Å². The number of nitrogens with one attached hydrogen (secondary N) is 1. The van der Waals surface area contributed by atoms with Gasteiger partial charge in [-0.2, -0.15) is 0 Å². The van der Waals surface area contributed by atoms with Crippen molar-refractivity contribution in [2.75, 3.05) is 0 Å². The van der Waals surface area contributed by atoms with Crippen LogP contribution in [0.5, 0.6) is 11.5 Å². The minimum atomic E-state index is -0.901. The van der Waals surface area contributed by atoms with Crippen LogP contribution in [-0.4, -0.2) is 27.3 Å². The number of carbonyl (C=O) groups is 1. The van der Waals surface area contributed by atoms with Crippen molar-refractivity contribution in [2.24, 2.45) is 0 Å². The molecule has 5 heteroatoms. The Labute approximate surface area is 106 Å². The smallest absolute Gasteiger partial charge is 0.320 e. The van der Waals surface area contributed by atoms with Gasteiger partial charge in [0.25, 0.3) is 0 Å². The van der Waals surface area contributed by atoms with Crippen molar-refractivity contribution in [3.63, 3.8) is 0 Å². The maximum Gasteiger partial charge on any atom is 0.320 e. The number of carboxylic acids is 1. The molecule has 1 aromatic carbocycles. The summed E-state index contributed by atoms with van der Waals surface area (Å²) in [5.41, 5.74) is 0.565. The van der Waals surface area contributed by atoms with Crippen molar-refractivity contribution in [3.8, 4) is 11.5 Å². The summed E-state index contributed by atoms with van der Waals surface area (Å²) in [6.07, 6.45) is 1.29. The first-order valence-corrected chi connectivity index (χ1v) is 5.96. The van der Waals surface area contributed by atoms with E-state index in [2.05, 4.69) is 5.32 Å². The molecule has 4 N–H and O–H groups in total. The molecule has 0 heterocycles. The van der Waals surface area contributed by atoms with Crippen LogP contribution < -0.4 is 5.32 Å². The van der Waals surface area contributed by atoms with Gasteiger partial charge in [-0.15, -0.1) is 0 Å². The summed E-state index contributed by atoms with van der Waals surface area (Å²) in [5.74, 6) is -0.968. The summed E-state index contributed by atoms with van der Waals surface area (Å²) >= 11 is 0. The molecular formula is C13H19NO4. The molecule has 1 aromatic rings. The van der Waals surface area contributed by atoms with Crippen LogP contribution in [-0.2, 0) is 4.79 Å². The molecule has 0 aliphatic rings. The van der Waals surface area contributed by atoms with Crippen LogP contribution in [0.25, 0.3) is 0 Å². The lowest BCUT2D eigenvalue weighted by molar-refractivity contribution is -0.139. The zero-order chi connectivity index (χ0) is 13.7. The highest BCUT2D eigenvalue weighted by molar-refractivity contribution is 5.73. The van der Waals surface area contributed by atoms with Gasteiger partial charge in [0.15, 0.2) is 0 Å². The summed E-state index contributed by atoms with van der Waals surface area (Å²) in [6.45, 7) is 3.69. The number of phenols is 2. The van der Waals surface area contributed by atoms with Crippen LogP contribution in [0, 0.1) is 0 Å². The normalized spacial score (nSPS) is 14.1. The van der Waals surface area contributed by atoms with Crippen molar-refractivity contribution in [1.82, 2.24) is 5.32 Å². The minimum Gasteiger partial charge on any atom is -0.508 e. The Balaban J connectivity index is 2.80. The molecule has 0 spiro atoms. The SMILES string of the molecule is CCCC(NC(C)c1ccc(O)cc1O)C(=O)O. The van der Waals surface area contributed by atoms with E-state index in [-0.39, 0.29) is 17.5 Å². The molecule has 0 aliphatic heterocycles. The standard InChI is InChI=1S/C13H19NO4/c1-3-4-11(13(17)18)14-8(2)10-6-5-9(15)7-12(10)16/h5-8,11,14-16H,3-4H2,1-2H3,(H,17,18). The first-order valence-electron chi connectivity index (χ1n) is 5.96. The van der Waals surface area contributed by atoms with E-state index in [1.54, 1.807) is 13.0 Å². The quantitative estimate of drug-likeness (QED) is 0.622. The van der Waals surface area contributed by atoms with Gasteiger partial charge < -0.3 is 15.3 Å². The van der Waals surface area contributed by atoms with Gasteiger partial charge in [0, 0.05) is 17.7 Å². The molecule has 0 radical (unpaired) electrons. The van der Waals surface area contributed by atoms with E-state index in [0.29, 0.717) is 12.0 Å². The number of hydrogen-bond acceptors (Lipinski definition) is 4. The summed E-state index contributed by atoms with van der Waals surface area (Å²) in [6, 6.07) is 3.33. The number of aliphatic carboxylic acids is 1. The average Bonchev–Trinajstić information content (AvgIpc) is 2.27. The summed E-state index contributed by atoms with van der Waals surface area (Å²) < 4.78 is 0.